The Bertz CT molecular complexity index is 4580. The van der Waals surface area contributed by atoms with Crippen molar-refractivity contribution in [2.75, 3.05) is 157 Å². The van der Waals surface area contributed by atoms with Gasteiger partial charge in [-0.2, -0.15) is 13.2 Å². The number of piperazine rings is 3. The van der Waals surface area contributed by atoms with E-state index in [1.165, 1.54) is 40.6 Å². The molecule has 5 aromatic carbocycles. The number of halogens is 4. The van der Waals surface area contributed by atoms with Gasteiger partial charge in [0.1, 0.15) is 16.8 Å². The Kier molecular flexibility index (Phi) is 24.1. The van der Waals surface area contributed by atoms with E-state index in [2.05, 4.69) is 81.9 Å². The number of allylic oxidation sites excluding steroid dienone is 1. The molecule has 22 nitrogen and oxygen atoms in total. The summed E-state index contributed by atoms with van der Waals surface area (Å²) >= 11 is 7.85. The van der Waals surface area contributed by atoms with Crippen molar-refractivity contribution < 1.29 is 58.7 Å². The third kappa shape index (κ3) is 18.5. The van der Waals surface area contributed by atoms with E-state index in [0.29, 0.717) is 93.5 Å². The SMILES string of the molecule is CC1(CN2CCN(c3ccc(C#CCCCN4CCN(c5cccc6c5C(=O)N(C5CCC(=O)NC5=O)C6=O)CC4)cn3)CC2)CCC(c2ccc(Cl)cc2)=C(CN2CCN(c3ccc(C(=O)NS(=O)(=O)c4ccc(N[C@H](CCN5CCOCC5)CSc5ccccc5)c(S(=O)(=O)C(F)(F)F)c4)cc3)CC2)C1. The molecule has 3 N–H and O–H groups in total. The van der Waals surface area contributed by atoms with Crippen molar-refractivity contribution >= 4 is 101 Å². The number of alkyl halides is 3. The fourth-order valence-electron chi connectivity index (χ4n) is 15.4. The minimum atomic E-state index is -6.10. The summed E-state index contributed by atoms with van der Waals surface area (Å²) in [5.74, 6) is 4.85. The summed E-state index contributed by atoms with van der Waals surface area (Å²) in [6.07, 6.45) is 7.00. The number of aromatic nitrogens is 1. The molecule has 0 radical (unpaired) electrons. The Labute approximate surface area is 632 Å². The number of carbonyl (C=O) groups excluding carboxylic acids is 5. The summed E-state index contributed by atoms with van der Waals surface area (Å²) in [4.78, 5) is 86.1. The second-order valence-corrected chi connectivity index (χ2v) is 33.8. The first-order chi connectivity index (χ1) is 51.4. The van der Waals surface area contributed by atoms with Crippen LogP contribution in [0.4, 0.5) is 36.1 Å². The number of benzene rings is 5. The number of imide groups is 2. The number of morpholine rings is 1. The van der Waals surface area contributed by atoms with Crippen LogP contribution in [0.2, 0.25) is 5.02 Å². The molecule has 1 aliphatic carbocycles. The first-order valence-electron chi connectivity index (χ1n) is 36.5. The van der Waals surface area contributed by atoms with E-state index in [-0.39, 0.29) is 29.4 Å². The molecule has 7 aliphatic rings. The summed E-state index contributed by atoms with van der Waals surface area (Å²) < 4.78 is 105. The zero-order valence-corrected chi connectivity index (χ0v) is 62.9. The zero-order valence-electron chi connectivity index (χ0n) is 59.7. The van der Waals surface area contributed by atoms with Crippen LogP contribution in [0.5, 0.6) is 0 Å². The van der Waals surface area contributed by atoms with Crippen LogP contribution < -0.4 is 30.1 Å². The lowest BCUT2D eigenvalue weighted by Crippen LogP contribution is -2.54. The Morgan fingerprint density at radius 2 is 1.44 bits per heavy atom. The van der Waals surface area contributed by atoms with Crippen LogP contribution >= 0.6 is 23.4 Å². The van der Waals surface area contributed by atoms with E-state index in [1.54, 1.807) is 24.3 Å². The van der Waals surface area contributed by atoms with Crippen molar-refractivity contribution in [2.45, 2.75) is 90.6 Å². The van der Waals surface area contributed by atoms with Crippen LogP contribution in [0.15, 0.2) is 154 Å². The normalized spacial score (nSPS) is 20.7. The van der Waals surface area contributed by atoms with Gasteiger partial charge in [0.25, 0.3) is 37.6 Å². The van der Waals surface area contributed by atoms with Crippen LogP contribution in [-0.2, 0) is 34.2 Å². The van der Waals surface area contributed by atoms with E-state index in [9.17, 15) is 54.0 Å². The van der Waals surface area contributed by atoms with Gasteiger partial charge in [-0.15, -0.1) is 11.8 Å². The number of piperidine rings is 1. The standard InChI is InChI=1S/C78H88ClF3N12O10S3/c1-77(54-90-37-43-93(44-38-90)70-26-14-55(51-83-70)9-4-3-7-31-87-33-41-92(42-34-87)67-13-8-12-65-72(67)76(99)94(75(65)98)68-25-27-71(95)85-74(68)97)30-28-64(56-15-19-59(79)20-16-56)58(50-77)52-89-35-39-91(40-36-89)61-21-17-57(18-22-61)73(96)86-107(102,103)63-23-24-66(69(49-63)106(100,101)78(80,81)82)84-60(29-32-88-45-47-104-48-46-88)53-105-62-10-5-2-6-11-62/h2,5-6,8,10-24,26,49,51,60,68,84H,3,7,25,27-48,50,52-54H2,1H3,(H,86,96)(H,85,95,97)/t60-,68?,77?/m1/s1. The first-order valence-corrected chi connectivity index (χ1v) is 40.8. The lowest BCUT2D eigenvalue weighted by atomic mass is 9.71. The highest BCUT2D eigenvalue weighted by Crippen LogP contribution is 2.45. The highest BCUT2D eigenvalue weighted by molar-refractivity contribution is 7.99. The van der Waals surface area contributed by atoms with Gasteiger partial charge in [0.05, 0.1) is 40.6 Å². The van der Waals surface area contributed by atoms with E-state index < -0.39 is 82.5 Å². The molecule has 3 atom stereocenters. The van der Waals surface area contributed by atoms with Gasteiger partial charge < -0.3 is 24.8 Å². The average Bonchev–Trinajstić information content (AvgIpc) is 1.34. The van der Waals surface area contributed by atoms with Gasteiger partial charge in [0, 0.05) is 169 Å². The molecule has 0 bridgehead atoms. The van der Waals surface area contributed by atoms with Crippen molar-refractivity contribution in [3.05, 3.63) is 172 Å². The third-order valence-corrected chi connectivity index (χ3v) is 25.6. The molecule has 566 valence electrons. The summed E-state index contributed by atoms with van der Waals surface area (Å²) in [6, 6.07) is 34.2. The van der Waals surface area contributed by atoms with E-state index in [4.69, 9.17) is 21.3 Å². The number of sulfone groups is 1. The molecule has 13 rings (SSSR count). The van der Waals surface area contributed by atoms with Gasteiger partial charge in [0.2, 0.25) is 11.8 Å². The molecule has 6 aromatic rings. The summed E-state index contributed by atoms with van der Waals surface area (Å²) in [6.45, 7) is 17.3. The zero-order chi connectivity index (χ0) is 75.0. The smallest absolute Gasteiger partial charge is 0.380 e. The predicted octanol–water partition coefficient (Wildman–Crippen LogP) is 9.39. The molecule has 107 heavy (non-hydrogen) atoms. The van der Waals surface area contributed by atoms with Crippen LogP contribution in [0, 0.1) is 17.3 Å². The number of nitrogens with one attached hydrogen (secondary N) is 3. The number of pyridine rings is 1. The number of carbonyl (C=O) groups is 5. The van der Waals surface area contributed by atoms with Gasteiger partial charge in [-0.25, -0.2) is 26.5 Å². The second-order valence-electron chi connectivity index (χ2n) is 28.7. The van der Waals surface area contributed by atoms with Crippen LogP contribution in [0.1, 0.15) is 100 Å². The fraction of sp³-hybridized carbons (Fsp3) is 0.436. The largest absolute Gasteiger partial charge is 0.501 e. The van der Waals surface area contributed by atoms with Gasteiger partial charge >= 0.3 is 5.51 Å². The van der Waals surface area contributed by atoms with Crippen LogP contribution in [0.25, 0.3) is 5.57 Å². The van der Waals surface area contributed by atoms with Gasteiger partial charge in [0.15, 0.2) is 0 Å². The van der Waals surface area contributed by atoms with Crippen LogP contribution in [0.3, 0.4) is 0 Å². The van der Waals surface area contributed by atoms with Crippen molar-refractivity contribution in [1.29, 1.82) is 0 Å². The number of fused-ring (bicyclic) bond motifs is 1. The first kappa shape index (κ1) is 76.8. The van der Waals surface area contributed by atoms with Gasteiger partial charge in [-0.05, 0) is 153 Å². The lowest BCUT2D eigenvalue weighted by molar-refractivity contribution is -0.136. The number of sulfonamides is 1. The summed E-state index contributed by atoms with van der Waals surface area (Å²) in [7, 11) is -11.0. The molecule has 0 spiro atoms. The summed E-state index contributed by atoms with van der Waals surface area (Å²) in [5.41, 5.74) is 0.756. The Morgan fingerprint density at radius 3 is 2.14 bits per heavy atom. The highest BCUT2D eigenvalue weighted by Gasteiger charge is 2.49. The molecule has 7 heterocycles. The molecular formula is C78H88ClF3N12O10S3. The second kappa shape index (κ2) is 33.6. The van der Waals surface area contributed by atoms with Gasteiger partial charge in [-0.1, -0.05) is 72.3 Å². The number of thioether (sulfide) groups is 1. The molecule has 6 aliphatic heterocycles. The van der Waals surface area contributed by atoms with E-state index in [1.807, 2.05) is 65.5 Å². The number of hydrogen-bond acceptors (Lipinski definition) is 20. The van der Waals surface area contributed by atoms with Crippen molar-refractivity contribution in [3.8, 4) is 11.8 Å². The maximum Gasteiger partial charge on any atom is 0.501 e. The number of amides is 5. The molecule has 2 unspecified atom stereocenters. The average molecular weight is 1540 g/mol. The minimum Gasteiger partial charge on any atom is -0.380 e. The molecule has 1 aromatic heterocycles. The number of ether oxygens (including phenoxy) is 1. The third-order valence-electron chi connectivity index (χ3n) is 21.3. The van der Waals surface area contributed by atoms with Crippen LogP contribution in [-0.4, -0.2) is 230 Å². The number of hydrogen-bond donors (Lipinski definition) is 3. The fourth-order valence-corrected chi connectivity index (χ4v) is 18.5. The topological polar surface area (TPSA) is 238 Å². The number of rotatable bonds is 24. The maximum absolute atomic E-state index is 14.4. The number of nitrogens with zero attached hydrogens (tertiary/aromatic N) is 9. The Hall–Kier alpha value is -8.37. The highest BCUT2D eigenvalue weighted by atomic mass is 35.5. The molecule has 29 heteroatoms. The maximum atomic E-state index is 14.4. The quantitative estimate of drug-likeness (QED) is 0.0221. The van der Waals surface area contributed by atoms with Crippen molar-refractivity contribution in [3.63, 3.8) is 0 Å². The number of unbranched alkanes of at least 4 members (excludes halogenated alkanes) is 1. The Balaban J connectivity index is 0.566. The lowest BCUT2D eigenvalue weighted by Gasteiger charge is -2.44. The van der Waals surface area contributed by atoms with Gasteiger partial charge in [-0.3, -0.25) is 53.8 Å². The molecule has 5 saturated heterocycles. The predicted molar refractivity (Wildman–Crippen MR) is 407 cm³/mol. The summed E-state index contributed by atoms with van der Waals surface area (Å²) in [5, 5.41) is 5.96. The van der Waals surface area contributed by atoms with Crippen molar-refractivity contribution in [2.24, 2.45) is 5.41 Å². The number of anilines is 4. The molecule has 5 fully saturated rings. The molecular weight excluding hydrogens is 1450 g/mol. The monoisotopic (exact) mass is 1540 g/mol. The van der Waals surface area contributed by atoms with E-state index >= 15 is 0 Å². The van der Waals surface area contributed by atoms with Crippen molar-refractivity contribution in [1.82, 2.24) is 39.5 Å². The Morgan fingerprint density at radius 1 is 0.748 bits per heavy atom. The molecule has 5 amide bonds. The molecule has 0 saturated carbocycles. The van der Waals surface area contributed by atoms with E-state index in [0.717, 1.165) is 143 Å². The minimum absolute atomic E-state index is 0.0254.